The Morgan fingerprint density at radius 2 is 2.19 bits per heavy atom. The van der Waals surface area contributed by atoms with E-state index in [2.05, 4.69) is 47.0 Å². The van der Waals surface area contributed by atoms with E-state index >= 15 is 0 Å². The lowest BCUT2D eigenvalue weighted by molar-refractivity contribution is 0.519. The molecule has 0 bridgehead atoms. The van der Waals surface area contributed by atoms with Gasteiger partial charge in [0.05, 0.1) is 22.6 Å². The highest BCUT2D eigenvalue weighted by atomic mass is 32.1. The third-order valence-electron chi connectivity index (χ3n) is 3.70. The molecule has 110 valence electrons. The number of para-hydroxylation sites is 2. The molecule has 0 fully saturated rings. The molecule has 0 aliphatic rings. The van der Waals surface area contributed by atoms with Crippen LogP contribution in [0.25, 0.3) is 11.0 Å². The summed E-state index contributed by atoms with van der Waals surface area (Å²) >= 11 is 1.70. The van der Waals surface area contributed by atoms with Gasteiger partial charge in [0.2, 0.25) is 0 Å². The topological polar surface area (TPSA) is 42.7 Å². The molecular formula is C16H20N4S. The Labute approximate surface area is 128 Å². The first-order valence-electron chi connectivity index (χ1n) is 7.31. The van der Waals surface area contributed by atoms with Crippen molar-refractivity contribution in [1.82, 2.24) is 19.9 Å². The number of hydrogen-bond donors (Lipinski definition) is 1. The number of thiazole rings is 1. The third-order valence-corrected chi connectivity index (χ3v) is 4.59. The van der Waals surface area contributed by atoms with Crippen molar-refractivity contribution >= 4 is 22.4 Å². The van der Waals surface area contributed by atoms with E-state index in [1.807, 2.05) is 17.8 Å². The zero-order valence-corrected chi connectivity index (χ0v) is 13.2. The fraction of sp³-hybridized carbons (Fsp3) is 0.375. The van der Waals surface area contributed by atoms with Crippen LogP contribution in [-0.4, -0.2) is 21.1 Å². The third kappa shape index (κ3) is 2.99. The highest BCUT2D eigenvalue weighted by Crippen LogP contribution is 2.23. The summed E-state index contributed by atoms with van der Waals surface area (Å²) in [6, 6.07) is 8.57. The lowest BCUT2D eigenvalue weighted by Crippen LogP contribution is -2.24. The number of nitrogens with one attached hydrogen (secondary N) is 1. The molecule has 0 saturated heterocycles. The molecule has 1 unspecified atom stereocenters. The van der Waals surface area contributed by atoms with Crippen LogP contribution < -0.4 is 5.32 Å². The van der Waals surface area contributed by atoms with Gasteiger partial charge in [-0.25, -0.2) is 4.98 Å². The monoisotopic (exact) mass is 300 g/mol. The summed E-state index contributed by atoms with van der Waals surface area (Å²) in [5.41, 5.74) is 4.14. The second-order valence-corrected chi connectivity index (χ2v) is 6.11. The van der Waals surface area contributed by atoms with Crippen LogP contribution in [0.15, 0.2) is 36.0 Å². The summed E-state index contributed by atoms with van der Waals surface area (Å²) in [6.07, 6.45) is 3.96. The summed E-state index contributed by atoms with van der Waals surface area (Å²) in [7, 11) is 2.09. The Balaban J connectivity index is 1.88. The van der Waals surface area contributed by atoms with E-state index in [4.69, 9.17) is 4.98 Å². The Morgan fingerprint density at radius 1 is 1.33 bits per heavy atom. The Morgan fingerprint density at radius 3 is 2.90 bits per heavy atom. The number of nitrogens with zero attached hydrogens (tertiary/aromatic N) is 3. The van der Waals surface area contributed by atoms with Gasteiger partial charge in [0.15, 0.2) is 0 Å². The molecule has 3 aromatic rings. The average molecular weight is 300 g/mol. The minimum atomic E-state index is 0.285. The van der Waals surface area contributed by atoms with Crippen LogP contribution in [0.3, 0.4) is 0 Å². The molecule has 5 heteroatoms. The Bertz CT molecular complexity index is 702. The largest absolute Gasteiger partial charge is 0.331 e. The number of imidazole rings is 1. The van der Waals surface area contributed by atoms with Gasteiger partial charge in [0.1, 0.15) is 5.82 Å². The average Bonchev–Trinajstić information content (AvgIpc) is 3.13. The number of aromatic nitrogens is 3. The van der Waals surface area contributed by atoms with Crippen LogP contribution in [0.4, 0.5) is 0 Å². The van der Waals surface area contributed by atoms with Gasteiger partial charge in [-0.2, -0.15) is 0 Å². The molecule has 21 heavy (non-hydrogen) atoms. The molecular weight excluding hydrogens is 280 g/mol. The van der Waals surface area contributed by atoms with Crippen LogP contribution in [0.2, 0.25) is 0 Å². The molecule has 4 nitrogen and oxygen atoms in total. The summed E-state index contributed by atoms with van der Waals surface area (Å²) in [5, 5.41) is 3.61. The Kier molecular flexibility index (Phi) is 4.31. The van der Waals surface area contributed by atoms with Gasteiger partial charge in [0, 0.05) is 24.5 Å². The molecule has 0 amide bonds. The van der Waals surface area contributed by atoms with Crippen molar-refractivity contribution in [3.05, 3.63) is 46.7 Å². The van der Waals surface area contributed by atoms with E-state index in [0.717, 1.165) is 30.7 Å². The lowest BCUT2D eigenvalue weighted by atomic mass is 10.1. The molecule has 0 aliphatic carbocycles. The van der Waals surface area contributed by atoms with Crippen LogP contribution in [0.5, 0.6) is 0 Å². The highest BCUT2D eigenvalue weighted by molar-refractivity contribution is 7.09. The maximum atomic E-state index is 4.78. The van der Waals surface area contributed by atoms with Crippen molar-refractivity contribution in [2.24, 2.45) is 7.05 Å². The SMILES string of the molecule is CCCNC(Cc1nc2ccccc2n1C)c1cncs1. The molecule has 3 rings (SSSR count). The summed E-state index contributed by atoms with van der Waals surface area (Å²) < 4.78 is 2.19. The zero-order chi connectivity index (χ0) is 14.7. The zero-order valence-electron chi connectivity index (χ0n) is 12.4. The summed E-state index contributed by atoms with van der Waals surface area (Å²) in [4.78, 5) is 10.3. The van der Waals surface area contributed by atoms with Gasteiger partial charge in [-0.1, -0.05) is 19.1 Å². The normalized spacial score (nSPS) is 12.9. The van der Waals surface area contributed by atoms with Gasteiger partial charge in [-0.05, 0) is 25.1 Å². The summed E-state index contributed by atoms with van der Waals surface area (Å²) in [5.74, 6) is 1.11. The maximum absolute atomic E-state index is 4.78. The van der Waals surface area contributed by atoms with E-state index in [-0.39, 0.29) is 6.04 Å². The minimum Gasteiger partial charge on any atom is -0.331 e. The van der Waals surface area contributed by atoms with Crippen molar-refractivity contribution < 1.29 is 0 Å². The number of aryl methyl sites for hydroxylation is 1. The number of fused-ring (bicyclic) bond motifs is 1. The minimum absolute atomic E-state index is 0.285. The fourth-order valence-corrected chi connectivity index (χ4v) is 3.25. The van der Waals surface area contributed by atoms with Crippen LogP contribution in [-0.2, 0) is 13.5 Å². The van der Waals surface area contributed by atoms with Gasteiger partial charge >= 0.3 is 0 Å². The predicted octanol–water partition coefficient (Wildman–Crippen LogP) is 3.31. The number of benzene rings is 1. The van der Waals surface area contributed by atoms with Gasteiger partial charge in [-0.3, -0.25) is 4.98 Å². The molecule has 0 saturated carbocycles. The van der Waals surface area contributed by atoms with Crippen LogP contribution >= 0.6 is 11.3 Å². The van der Waals surface area contributed by atoms with Crippen molar-refractivity contribution in [3.63, 3.8) is 0 Å². The predicted molar refractivity (Wildman–Crippen MR) is 87.6 cm³/mol. The fourth-order valence-electron chi connectivity index (χ4n) is 2.55. The second-order valence-electron chi connectivity index (χ2n) is 5.19. The van der Waals surface area contributed by atoms with Crippen molar-refractivity contribution in [2.45, 2.75) is 25.8 Å². The molecule has 2 heterocycles. The molecule has 1 N–H and O–H groups in total. The molecule has 0 spiro atoms. The first kappa shape index (κ1) is 14.2. The van der Waals surface area contributed by atoms with E-state index < -0.39 is 0 Å². The maximum Gasteiger partial charge on any atom is 0.111 e. The quantitative estimate of drug-likeness (QED) is 0.759. The standard InChI is InChI=1S/C16H20N4S/c1-3-8-18-13(15-10-17-11-21-15)9-16-19-12-6-4-5-7-14(12)20(16)2/h4-7,10-11,13,18H,3,8-9H2,1-2H3. The highest BCUT2D eigenvalue weighted by Gasteiger charge is 2.17. The molecule has 1 aromatic carbocycles. The number of rotatable bonds is 6. The molecule has 1 atom stereocenters. The van der Waals surface area contributed by atoms with Gasteiger partial charge in [-0.15, -0.1) is 11.3 Å². The van der Waals surface area contributed by atoms with Crippen molar-refractivity contribution in [3.8, 4) is 0 Å². The molecule has 0 aliphatic heterocycles. The lowest BCUT2D eigenvalue weighted by Gasteiger charge is -2.16. The first-order chi connectivity index (χ1) is 10.3. The summed E-state index contributed by atoms with van der Waals surface area (Å²) in [6.45, 7) is 3.19. The van der Waals surface area contributed by atoms with E-state index in [9.17, 15) is 0 Å². The molecule has 2 aromatic heterocycles. The first-order valence-corrected chi connectivity index (χ1v) is 8.19. The van der Waals surface area contributed by atoms with E-state index in [1.54, 1.807) is 11.3 Å². The number of hydrogen-bond acceptors (Lipinski definition) is 4. The van der Waals surface area contributed by atoms with Crippen LogP contribution in [0, 0.1) is 0 Å². The van der Waals surface area contributed by atoms with E-state index in [1.165, 1.54) is 10.4 Å². The van der Waals surface area contributed by atoms with Gasteiger partial charge < -0.3 is 9.88 Å². The molecule has 0 radical (unpaired) electrons. The van der Waals surface area contributed by atoms with Crippen molar-refractivity contribution in [1.29, 1.82) is 0 Å². The second kappa shape index (κ2) is 6.37. The van der Waals surface area contributed by atoms with Crippen molar-refractivity contribution in [2.75, 3.05) is 6.54 Å². The van der Waals surface area contributed by atoms with Crippen LogP contribution in [0.1, 0.15) is 30.1 Å². The van der Waals surface area contributed by atoms with E-state index in [0.29, 0.717) is 0 Å². The van der Waals surface area contributed by atoms with Gasteiger partial charge in [0.25, 0.3) is 0 Å². The smallest absolute Gasteiger partial charge is 0.111 e. The Hall–Kier alpha value is -1.72.